The van der Waals surface area contributed by atoms with Crippen LogP contribution < -0.4 is 0 Å². The first-order valence-electron chi connectivity index (χ1n) is 9.51. The van der Waals surface area contributed by atoms with E-state index in [2.05, 4.69) is 11.8 Å². The lowest BCUT2D eigenvalue weighted by molar-refractivity contribution is -0.147. The van der Waals surface area contributed by atoms with E-state index >= 15 is 0 Å². The largest absolute Gasteiger partial charge is 0.468 e. The SMILES string of the molecule is CCCCOC(=O)N1CCC2(CC1)C(=O)N(CC(=O)OC)CN2CCC. The van der Waals surface area contributed by atoms with Gasteiger partial charge in [-0.2, -0.15) is 0 Å². The Hall–Kier alpha value is -1.83. The molecule has 0 N–H and O–H groups in total. The Morgan fingerprint density at radius 2 is 1.85 bits per heavy atom. The van der Waals surface area contributed by atoms with E-state index in [0.29, 0.717) is 39.2 Å². The Balaban J connectivity index is 2.01. The van der Waals surface area contributed by atoms with Crippen molar-refractivity contribution >= 4 is 18.0 Å². The minimum atomic E-state index is -0.621. The van der Waals surface area contributed by atoms with Crippen LogP contribution in [0.4, 0.5) is 4.79 Å². The van der Waals surface area contributed by atoms with Crippen molar-refractivity contribution in [3.63, 3.8) is 0 Å². The molecule has 0 unspecified atom stereocenters. The molecular weight excluding hydrogens is 338 g/mol. The Bertz CT molecular complexity index is 517. The maximum atomic E-state index is 13.0. The van der Waals surface area contributed by atoms with Crippen molar-refractivity contribution in [2.45, 2.75) is 51.5 Å². The third kappa shape index (κ3) is 4.28. The predicted octanol–water partition coefficient (Wildman–Crippen LogP) is 1.44. The van der Waals surface area contributed by atoms with Gasteiger partial charge in [0.2, 0.25) is 5.91 Å². The Kier molecular flexibility index (Phi) is 7.25. The maximum absolute atomic E-state index is 13.0. The Morgan fingerprint density at radius 1 is 1.15 bits per heavy atom. The van der Waals surface area contributed by atoms with E-state index in [9.17, 15) is 14.4 Å². The lowest BCUT2D eigenvalue weighted by Gasteiger charge is -2.42. The van der Waals surface area contributed by atoms with Crippen molar-refractivity contribution in [3.05, 3.63) is 0 Å². The molecule has 2 rings (SSSR count). The van der Waals surface area contributed by atoms with Gasteiger partial charge in [-0.05, 0) is 25.7 Å². The second kappa shape index (κ2) is 9.21. The summed E-state index contributed by atoms with van der Waals surface area (Å²) in [6.45, 7) is 6.72. The molecule has 26 heavy (non-hydrogen) atoms. The number of esters is 1. The van der Waals surface area contributed by atoms with Gasteiger partial charge in [-0.1, -0.05) is 20.3 Å². The molecule has 2 aliphatic heterocycles. The monoisotopic (exact) mass is 369 g/mol. The molecule has 0 aliphatic carbocycles. The number of carbonyl (C=O) groups is 3. The van der Waals surface area contributed by atoms with Gasteiger partial charge < -0.3 is 19.3 Å². The van der Waals surface area contributed by atoms with Crippen molar-refractivity contribution in [2.24, 2.45) is 0 Å². The van der Waals surface area contributed by atoms with E-state index < -0.39 is 11.5 Å². The average molecular weight is 369 g/mol. The summed E-state index contributed by atoms with van der Waals surface area (Å²) < 4.78 is 9.99. The third-order valence-electron chi connectivity index (χ3n) is 5.25. The van der Waals surface area contributed by atoms with Gasteiger partial charge in [-0.3, -0.25) is 14.5 Å². The summed E-state index contributed by atoms with van der Waals surface area (Å²) in [5.74, 6) is -0.445. The van der Waals surface area contributed by atoms with Gasteiger partial charge in [0.15, 0.2) is 0 Å². The van der Waals surface area contributed by atoms with E-state index in [1.54, 1.807) is 9.80 Å². The molecule has 2 saturated heterocycles. The molecule has 8 heteroatoms. The molecular formula is C18H31N3O5. The molecule has 148 valence electrons. The van der Waals surface area contributed by atoms with Crippen LogP contribution in [-0.4, -0.2) is 84.8 Å². The lowest BCUT2D eigenvalue weighted by atomic mass is 9.86. The zero-order chi connectivity index (χ0) is 19.2. The van der Waals surface area contributed by atoms with Gasteiger partial charge >= 0.3 is 12.1 Å². The summed E-state index contributed by atoms with van der Waals surface area (Å²) in [6.07, 6.45) is 3.58. The number of likely N-dealkylation sites (tertiary alicyclic amines) is 1. The third-order valence-corrected chi connectivity index (χ3v) is 5.25. The molecule has 0 aromatic rings. The standard InChI is InChI=1S/C18H31N3O5/c1-4-6-12-26-17(24)19-10-7-18(8-11-19)16(23)20(13-15(22)25-3)14-21(18)9-5-2/h4-14H2,1-3H3. The van der Waals surface area contributed by atoms with Gasteiger partial charge in [0, 0.05) is 19.6 Å². The molecule has 0 aromatic heterocycles. The number of rotatable bonds is 7. The zero-order valence-corrected chi connectivity index (χ0v) is 16.2. The highest BCUT2D eigenvalue weighted by Crippen LogP contribution is 2.36. The van der Waals surface area contributed by atoms with Gasteiger partial charge in [0.05, 0.1) is 20.4 Å². The molecule has 2 aliphatic rings. The number of methoxy groups -OCH3 is 1. The number of unbranched alkanes of at least 4 members (excludes halogenated alkanes) is 1. The molecule has 0 bridgehead atoms. The number of carbonyl (C=O) groups excluding carboxylic acids is 3. The lowest BCUT2D eigenvalue weighted by Crippen LogP contribution is -2.57. The molecule has 2 heterocycles. The number of hydrogen-bond acceptors (Lipinski definition) is 6. The fourth-order valence-corrected chi connectivity index (χ4v) is 3.72. The van der Waals surface area contributed by atoms with Crippen LogP contribution >= 0.6 is 0 Å². The summed E-state index contributed by atoms with van der Waals surface area (Å²) in [6, 6.07) is 0. The summed E-state index contributed by atoms with van der Waals surface area (Å²) in [5, 5.41) is 0. The van der Waals surface area contributed by atoms with E-state index in [1.807, 2.05) is 6.92 Å². The van der Waals surface area contributed by atoms with Crippen molar-refractivity contribution in [3.8, 4) is 0 Å². The van der Waals surface area contributed by atoms with Crippen molar-refractivity contribution in [1.82, 2.24) is 14.7 Å². The van der Waals surface area contributed by atoms with Crippen LogP contribution in [0.2, 0.25) is 0 Å². The van der Waals surface area contributed by atoms with Crippen LogP contribution in [0.25, 0.3) is 0 Å². The van der Waals surface area contributed by atoms with E-state index in [0.717, 1.165) is 25.8 Å². The molecule has 0 radical (unpaired) electrons. The fraction of sp³-hybridized carbons (Fsp3) is 0.833. The number of ether oxygens (including phenoxy) is 2. The smallest absolute Gasteiger partial charge is 0.409 e. The minimum absolute atomic E-state index is 0.0277. The van der Waals surface area contributed by atoms with Gasteiger partial charge in [0.25, 0.3) is 0 Å². The van der Waals surface area contributed by atoms with Crippen molar-refractivity contribution in [2.75, 3.05) is 46.6 Å². The molecule has 2 amide bonds. The van der Waals surface area contributed by atoms with Crippen LogP contribution in [0.15, 0.2) is 0 Å². The number of nitrogens with zero attached hydrogens (tertiary/aromatic N) is 3. The molecule has 2 fully saturated rings. The minimum Gasteiger partial charge on any atom is -0.468 e. The highest BCUT2D eigenvalue weighted by atomic mass is 16.6. The first-order chi connectivity index (χ1) is 12.5. The molecule has 1 spiro atoms. The van der Waals surface area contributed by atoms with Gasteiger partial charge in [-0.15, -0.1) is 0 Å². The fourth-order valence-electron chi connectivity index (χ4n) is 3.72. The average Bonchev–Trinajstić information content (AvgIpc) is 2.88. The van der Waals surface area contributed by atoms with Crippen LogP contribution in [0.3, 0.4) is 0 Å². The quantitative estimate of drug-likeness (QED) is 0.499. The Labute approximate surface area is 155 Å². The normalized spacial score (nSPS) is 19.9. The van der Waals surface area contributed by atoms with E-state index in [4.69, 9.17) is 9.47 Å². The summed E-state index contributed by atoms with van der Waals surface area (Å²) >= 11 is 0. The number of amides is 2. The first kappa shape index (κ1) is 20.5. The van der Waals surface area contributed by atoms with Crippen molar-refractivity contribution < 1.29 is 23.9 Å². The topological polar surface area (TPSA) is 79.4 Å². The van der Waals surface area contributed by atoms with Crippen molar-refractivity contribution in [1.29, 1.82) is 0 Å². The highest BCUT2D eigenvalue weighted by molar-refractivity contribution is 5.91. The van der Waals surface area contributed by atoms with E-state index in [-0.39, 0.29) is 18.5 Å². The molecule has 0 saturated carbocycles. The van der Waals surface area contributed by atoms with Crippen LogP contribution in [0, 0.1) is 0 Å². The number of hydrogen-bond donors (Lipinski definition) is 0. The van der Waals surface area contributed by atoms with Gasteiger partial charge in [0.1, 0.15) is 12.1 Å². The Morgan fingerprint density at radius 3 is 2.42 bits per heavy atom. The first-order valence-corrected chi connectivity index (χ1v) is 9.51. The predicted molar refractivity (Wildman–Crippen MR) is 95.4 cm³/mol. The molecule has 0 aromatic carbocycles. The maximum Gasteiger partial charge on any atom is 0.409 e. The summed E-state index contributed by atoms with van der Waals surface area (Å²) in [4.78, 5) is 42.2. The van der Waals surface area contributed by atoms with Crippen LogP contribution in [-0.2, 0) is 19.1 Å². The van der Waals surface area contributed by atoms with Crippen LogP contribution in [0.5, 0.6) is 0 Å². The molecule has 8 nitrogen and oxygen atoms in total. The molecule has 0 atom stereocenters. The zero-order valence-electron chi connectivity index (χ0n) is 16.2. The van der Waals surface area contributed by atoms with Gasteiger partial charge in [-0.25, -0.2) is 4.79 Å². The van der Waals surface area contributed by atoms with E-state index in [1.165, 1.54) is 7.11 Å². The summed E-state index contributed by atoms with van der Waals surface area (Å²) in [7, 11) is 1.32. The van der Waals surface area contributed by atoms with Crippen LogP contribution in [0.1, 0.15) is 46.0 Å². The second-order valence-corrected chi connectivity index (χ2v) is 6.97. The second-order valence-electron chi connectivity index (χ2n) is 6.97. The summed E-state index contributed by atoms with van der Waals surface area (Å²) in [5.41, 5.74) is -0.621. The number of piperidine rings is 1. The highest BCUT2D eigenvalue weighted by Gasteiger charge is 2.53.